The van der Waals surface area contributed by atoms with Gasteiger partial charge in [0.05, 0.1) is 0 Å². The third-order valence-electron chi connectivity index (χ3n) is 4.19. The van der Waals surface area contributed by atoms with E-state index >= 15 is 0 Å². The minimum Gasteiger partial charge on any atom is -0.494 e. The van der Waals surface area contributed by atoms with Gasteiger partial charge in [-0.3, -0.25) is 14.8 Å². The SMILES string of the molecule is CC1=C/C(=C(/c2ccc3c(c2)OCO3)c2c(O)[nH]c(=S)[nH]c2=O)C(C)=N1. The summed E-state index contributed by atoms with van der Waals surface area (Å²) < 4.78 is 10.9. The van der Waals surface area contributed by atoms with Gasteiger partial charge in [0.2, 0.25) is 12.7 Å². The Morgan fingerprint density at radius 3 is 2.69 bits per heavy atom. The molecule has 0 unspecified atom stereocenters. The normalized spacial score (nSPS) is 17.2. The number of ether oxygens (including phenoxy) is 2. The van der Waals surface area contributed by atoms with E-state index in [-0.39, 0.29) is 23.0 Å². The largest absolute Gasteiger partial charge is 0.494 e. The molecule has 3 heterocycles. The Morgan fingerprint density at radius 1 is 1.23 bits per heavy atom. The first kappa shape index (κ1) is 16.3. The summed E-state index contributed by atoms with van der Waals surface area (Å²) in [5.41, 5.74) is 3.13. The highest BCUT2D eigenvalue weighted by atomic mass is 32.1. The van der Waals surface area contributed by atoms with Gasteiger partial charge in [0.15, 0.2) is 16.3 Å². The van der Waals surface area contributed by atoms with Crippen LogP contribution in [0.4, 0.5) is 0 Å². The maximum absolute atomic E-state index is 12.6. The highest BCUT2D eigenvalue weighted by Crippen LogP contribution is 2.39. The fraction of sp³-hybridized carbons (Fsp3) is 0.167. The molecule has 132 valence electrons. The molecule has 0 bridgehead atoms. The molecule has 0 saturated carbocycles. The first-order valence-electron chi connectivity index (χ1n) is 7.88. The molecule has 1 aromatic carbocycles. The van der Waals surface area contributed by atoms with E-state index in [1.807, 2.05) is 26.0 Å². The number of H-pyrrole nitrogens is 2. The predicted molar refractivity (Wildman–Crippen MR) is 99.4 cm³/mol. The lowest BCUT2D eigenvalue weighted by molar-refractivity contribution is 0.174. The summed E-state index contributed by atoms with van der Waals surface area (Å²) in [6, 6.07) is 5.36. The summed E-state index contributed by atoms with van der Waals surface area (Å²) >= 11 is 4.93. The fourth-order valence-corrected chi connectivity index (χ4v) is 3.31. The van der Waals surface area contributed by atoms with Crippen LogP contribution in [0.3, 0.4) is 0 Å². The average molecular weight is 369 g/mol. The standard InChI is InChI=1S/C18H15N3O4S/c1-8-5-11(9(2)19-8)14(15-16(22)20-18(26)21-17(15)23)10-3-4-12-13(6-10)25-7-24-12/h3-6H,7H2,1-2H3,(H3,20,21,22,23,26)/b14-11+. The molecule has 3 N–H and O–H groups in total. The Labute approximate surface area is 153 Å². The van der Waals surface area contributed by atoms with Gasteiger partial charge in [-0.05, 0) is 49.8 Å². The van der Waals surface area contributed by atoms with Gasteiger partial charge >= 0.3 is 0 Å². The number of nitrogens with one attached hydrogen (secondary N) is 2. The maximum Gasteiger partial charge on any atom is 0.263 e. The molecule has 7 nitrogen and oxygen atoms in total. The number of aromatic nitrogens is 2. The van der Waals surface area contributed by atoms with Gasteiger partial charge < -0.3 is 19.6 Å². The second-order valence-corrected chi connectivity index (χ2v) is 6.38. The molecule has 0 saturated heterocycles. The topological polar surface area (TPSA) is 99.7 Å². The Hall–Kier alpha value is -3.13. The van der Waals surface area contributed by atoms with E-state index in [4.69, 9.17) is 21.7 Å². The number of aliphatic imine (C=N–C) groups is 1. The quantitative estimate of drug-likeness (QED) is 0.707. The van der Waals surface area contributed by atoms with Crippen molar-refractivity contribution >= 4 is 23.5 Å². The Kier molecular flexibility index (Phi) is 3.77. The summed E-state index contributed by atoms with van der Waals surface area (Å²) in [5.74, 6) is 0.908. The Morgan fingerprint density at radius 2 is 2.00 bits per heavy atom. The molecule has 0 aliphatic carbocycles. The lowest BCUT2D eigenvalue weighted by Gasteiger charge is -2.13. The van der Waals surface area contributed by atoms with E-state index in [0.717, 1.165) is 17.0 Å². The number of aromatic amines is 2. The van der Waals surface area contributed by atoms with Crippen molar-refractivity contribution in [2.24, 2.45) is 4.99 Å². The molecule has 2 aromatic rings. The number of allylic oxidation sites excluding steroid dienone is 3. The summed E-state index contributed by atoms with van der Waals surface area (Å²) in [7, 11) is 0. The van der Waals surface area contributed by atoms with Crippen molar-refractivity contribution in [1.29, 1.82) is 0 Å². The molecular weight excluding hydrogens is 354 g/mol. The van der Waals surface area contributed by atoms with Gasteiger partial charge in [-0.2, -0.15) is 0 Å². The Balaban J connectivity index is 2.05. The molecule has 0 amide bonds. The number of aromatic hydroxyl groups is 1. The zero-order valence-corrected chi connectivity index (χ0v) is 14.9. The number of fused-ring (bicyclic) bond motifs is 1. The van der Waals surface area contributed by atoms with Crippen LogP contribution in [0.25, 0.3) is 5.57 Å². The first-order valence-corrected chi connectivity index (χ1v) is 8.29. The molecule has 2 aliphatic rings. The molecular formula is C18H15N3O4S. The highest BCUT2D eigenvalue weighted by molar-refractivity contribution is 7.71. The zero-order chi connectivity index (χ0) is 18.4. The smallest absolute Gasteiger partial charge is 0.263 e. The second-order valence-electron chi connectivity index (χ2n) is 5.97. The summed E-state index contributed by atoms with van der Waals surface area (Å²) in [5, 5.41) is 10.4. The summed E-state index contributed by atoms with van der Waals surface area (Å²) in [4.78, 5) is 22.2. The van der Waals surface area contributed by atoms with Crippen LogP contribution in [0.2, 0.25) is 0 Å². The molecule has 26 heavy (non-hydrogen) atoms. The van der Waals surface area contributed by atoms with E-state index in [1.54, 1.807) is 12.1 Å². The van der Waals surface area contributed by atoms with E-state index < -0.39 is 5.56 Å². The van der Waals surface area contributed by atoms with Crippen molar-refractivity contribution in [3.63, 3.8) is 0 Å². The summed E-state index contributed by atoms with van der Waals surface area (Å²) in [6.07, 6.45) is 1.87. The number of benzene rings is 1. The molecule has 0 spiro atoms. The van der Waals surface area contributed by atoms with Gasteiger partial charge in [-0.1, -0.05) is 6.07 Å². The number of hydrogen-bond acceptors (Lipinski definition) is 6. The lowest BCUT2D eigenvalue weighted by Crippen LogP contribution is -2.15. The zero-order valence-electron chi connectivity index (χ0n) is 14.0. The van der Waals surface area contributed by atoms with Crippen molar-refractivity contribution in [1.82, 2.24) is 9.97 Å². The van der Waals surface area contributed by atoms with Crippen molar-refractivity contribution in [2.45, 2.75) is 13.8 Å². The third-order valence-corrected chi connectivity index (χ3v) is 4.39. The van der Waals surface area contributed by atoms with Crippen LogP contribution in [-0.2, 0) is 0 Å². The molecule has 1 aromatic heterocycles. The van der Waals surface area contributed by atoms with E-state index in [2.05, 4.69) is 15.0 Å². The Bertz CT molecular complexity index is 1140. The lowest BCUT2D eigenvalue weighted by atomic mass is 9.92. The minimum absolute atomic E-state index is 0.0508. The molecule has 0 radical (unpaired) electrons. The molecule has 0 atom stereocenters. The van der Waals surface area contributed by atoms with Crippen LogP contribution in [0.5, 0.6) is 17.4 Å². The van der Waals surface area contributed by atoms with Crippen LogP contribution < -0.4 is 15.0 Å². The monoisotopic (exact) mass is 369 g/mol. The number of nitrogens with zero attached hydrogens (tertiary/aromatic N) is 1. The second kappa shape index (κ2) is 5.99. The molecule has 2 aliphatic heterocycles. The highest BCUT2D eigenvalue weighted by Gasteiger charge is 2.24. The van der Waals surface area contributed by atoms with E-state index in [0.29, 0.717) is 22.6 Å². The third kappa shape index (κ3) is 2.64. The van der Waals surface area contributed by atoms with Crippen LogP contribution in [0, 0.1) is 4.77 Å². The van der Waals surface area contributed by atoms with Crippen LogP contribution in [-0.4, -0.2) is 27.6 Å². The molecule has 4 rings (SSSR count). The molecule has 0 fully saturated rings. The van der Waals surface area contributed by atoms with Gasteiger partial charge in [0.25, 0.3) is 5.56 Å². The maximum atomic E-state index is 12.6. The van der Waals surface area contributed by atoms with Crippen molar-refractivity contribution < 1.29 is 14.6 Å². The first-order chi connectivity index (χ1) is 12.4. The predicted octanol–water partition coefficient (Wildman–Crippen LogP) is 3.05. The fourth-order valence-electron chi connectivity index (χ4n) is 3.12. The van der Waals surface area contributed by atoms with Crippen LogP contribution in [0.15, 0.2) is 45.3 Å². The average Bonchev–Trinajstić information content (AvgIpc) is 3.16. The van der Waals surface area contributed by atoms with Crippen LogP contribution in [0.1, 0.15) is 25.0 Å². The van der Waals surface area contributed by atoms with Crippen molar-refractivity contribution in [2.75, 3.05) is 6.79 Å². The van der Waals surface area contributed by atoms with Gasteiger partial charge in [-0.15, -0.1) is 0 Å². The van der Waals surface area contributed by atoms with Gasteiger partial charge in [-0.25, -0.2) is 0 Å². The van der Waals surface area contributed by atoms with Gasteiger partial charge in [0, 0.05) is 22.6 Å². The van der Waals surface area contributed by atoms with Crippen LogP contribution >= 0.6 is 12.2 Å². The van der Waals surface area contributed by atoms with Gasteiger partial charge in [0.1, 0.15) is 5.56 Å². The molecule has 8 heteroatoms. The summed E-state index contributed by atoms with van der Waals surface area (Å²) in [6.45, 7) is 3.87. The van der Waals surface area contributed by atoms with E-state index in [1.165, 1.54) is 0 Å². The van der Waals surface area contributed by atoms with Crippen molar-refractivity contribution in [3.8, 4) is 17.4 Å². The van der Waals surface area contributed by atoms with E-state index in [9.17, 15) is 9.90 Å². The number of rotatable bonds is 2. The van der Waals surface area contributed by atoms with Crippen molar-refractivity contribution in [3.05, 3.63) is 61.8 Å². The number of hydrogen-bond donors (Lipinski definition) is 3. The minimum atomic E-state index is -0.489.